The summed E-state index contributed by atoms with van der Waals surface area (Å²) in [5.74, 6) is -1.05. The second kappa shape index (κ2) is 18.7. The summed E-state index contributed by atoms with van der Waals surface area (Å²) < 4.78 is 29.2. The molecule has 0 aromatic carbocycles. The normalized spacial score (nSPS) is 13.4. The van der Waals surface area contributed by atoms with Gasteiger partial charge >= 0.3 is 0 Å². The van der Waals surface area contributed by atoms with E-state index in [-0.39, 0.29) is 12.5 Å². The van der Waals surface area contributed by atoms with Crippen LogP contribution in [0.25, 0.3) is 0 Å². The van der Waals surface area contributed by atoms with Crippen molar-refractivity contribution in [3.8, 4) is 0 Å². The van der Waals surface area contributed by atoms with E-state index >= 15 is 0 Å². The fourth-order valence-corrected chi connectivity index (χ4v) is 4.93. The first-order chi connectivity index (χ1) is 15.1. The summed E-state index contributed by atoms with van der Waals surface area (Å²) in [6, 6.07) is 0. The first-order valence-corrected chi connectivity index (χ1v) is 14.8. The number of hydrogen-bond acceptors (Lipinski definition) is 5. The summed E-state index contributed by atoms with van der Waals surface area (Å²) in [6.45, 7) is 3.46. The van der Waals surface area contributed by atoms with Gasteiger partial charge in [-0.1, -0.05) is 96.8 Å². The Morgan fingerprint density at radius 2 is 1.25 bits per heavy atom. The van der Waals surface area contributed by atoms with E-state index in [0.29, 0.717) is 30.4 Å². The molecule has 192 valence electrons. The molecule has 0 rings (SSSR count). The van der Waals surface area contributed by atoms with Crippen molar-refractivity contribution in [1.29, 1.82) is 0 Å². The fraction of sp³-hybridized carbons (Fsp3) is 0.960. The van der Waals surface area contributed by atoms with Gasteiger partial charge in [0.2, 0.25) is 0 Å². The molecule has 6 nitrogen and oxygen atoms in total. The Labute approximate surface area is 198 Å². The minimum absolute atomic E-state index is 0.0260. The summed E-state index contributed by atoms with van der Waals surface area (Å²) in [7, 11) is 0.457. The van der Waals surface area contributed by atoms with E-state index in [2.05, 4.69) is 6.92 Å². The third-order valence-corrected chi connectivity index (χ3v) is 6.65. The van der Waals surface area contributed by atoms with Crippen LogP contribution < -0.4 is 5.11 Å². The number of aliphatic carboxylic acids is 1. The molecule has 7 heteroatoms. The standard InChI is InChI=1S/C25H51NO5S/c1-5-6-7-8-9-10-11-12-13-14-15-16-17-18-20-24(31-32(4,29)30)23-26(2,3)22-19-21-25(27)28/h24H,5-23H2,1-4H3. The number of quaternary nitrogens is 1. The second-order valence-corrected chi connectivity index (χ2v) is 11.7. The summed E-state index contributed by atoms with van der Waals surface area (Å²) in [5.41, 5.74) is 0. The van der Waals surface area contributed by atoms with E-state index in [4.69, 9.17) is 4.18 Å². The Kier molecular flexibility index (Phi) is 18.3. The highest BCUT2D eigenvalue weighted by molar-refractivity contribution is 7.86. The highest BCUT2D eigenvalue weighted by Gasteiger charge is 2.25. The Bertz CT molecular complexity index is 563. The van der Waals surface area contributed by atoms with Crippen molar-refractivity contribution < 1.29 is 27.0 Å². The van der Waals surface area contributed by atoms with Gasteiger partial charge in [-0.05, 0) is 12.8 Å². The lowest BCUT2D eigenvalue weighted by Gasteiger charge is -2.33. The quantitative estimate of drug-likeness (QED) is 0.120. The van der Waals surface area contributed by atoms with Gasteiger partial charge in [-0.2, -0.15) is 8.42 Å². The number of carboxylic acids is 1. The van der Waals surface area contributed by atoms with E-state index in [1.807, 2.05) is 14.1 Å². The van der Waals surface area contributed by atoms with E-state index in [9.17, 15) is 18.3 Å². The molecule has 0 saturated heterocycles. The topological polar surface area (TPSA) is 83.5 Å². The Morgan fingerprint density at radius 3 is 1.66 bits per heavy atom. The summed E-state index contributed by atoms with van der Waals surface area (Å²) in [4.78, 5) is 10.6. The van der Waals surface area contributed by atoms with Crippen LogP contribution >= 0.6 is 0 Å². The molecule has 0 aliphatic carbocycles. The SMILES string of the molecule is CCCCCCCCCCCCCCCCC(C[N+](C)(C)CCCC(=O)[O-])OS(C)(=O)=O. The molecule has 0 saturated carbocycles. The molecule has 0 spiro atoms. The van der Waals surface area contributed by atoms with Gasteiger partial charge in [-0.3, -0.25) is 4.18 Å². The third-order valence-electron chi connectivity index (χ3n) is 6.03. The first-order valence-electron chi connectivity index (χ1n) is 13.0. The lowest BCUT2D eigenvalue weighted by atomic mass is 10.0. The van der Waals surface area contributed by atoms with E-state index in [1.165, 1.54) is 77.0 Å². The molecule has 0 bridgehead atoms. The van der Waals surface area contributed by atoms with Gasteiger partial charge in [0.1, 0.15) is 12.6 Å². The number of carbonyl (C=O) groups excluding carboxylic acids is 1. The number of carbonyl (C=O) groups is 1. The molecular weight excluding hydrogens is 426 g/mol. The van der Waals surface area contributed by atoms with Crippen LogP contribution in [-0.4, -0.2) is 58.4 Å². The average molecular weight is 478 g/mol. The minimum atomic E-state index is -3.51. The van der Waals surface area contributed by atoms with Crippen LogP contribution in [0.3, 0.4) is 0 Å². The summed E-state index contributed by atoms with van der Waals surface area (Å²) in [5, 5.41) is 10.6. The zero-order valence-electron chi connectivity index (χ0n) is 21.4. The van der Waals surface area contributed by atoms with E-state index < -0.39 is 16.1 Å². The predicted octanol–water partition coefficient (Wildman–Crippen LogP) is 4.81. The van der Waals surface area contributed by atoms with Gasteiger partial charge in [0, 0.05) is 12.4 Å². The smallest absolute Gasteiger partial charge is 0.264 e. The largest absolute Gasteiger partial charge is 0.550 e. The molecule has 0 aliphatic heterocycles. The molecule has 1 atom stereocenters. The third kappa shape index (κ3) is 22.5. The number of unbranched alkanes of at least 4 members (excludes halogenated alkanes) is 13. The Balaban J connectivity index is 3.95. The number of carboxylic acid groups (broad SMARTS) is 1. The lowest BCUT2D eigenvalue weighted by Crippen LogP contribution is -2.47. The second-order valence-electron chi connectivity index (χ2n) is 10.1. The van der Waals surface area contributed by atoms with Gasteiger partial charge in [0.25, 0.3) is 10.1 Å². The monoisotopic (exact) mass is 477 g/mol. The summed E-state index contributed by atoms with van der Waals surface area (Å²) in [6.07, 6.45) is 20.1. The van der Waals surface area contributed by atoms with Gasteiger partial charge in [0.15, 0.2) is 0 Å². The van der Waals surface area contributed by atoms with Crippen molar-refractivity contribution in [2.24, 2.45) is 0 Å². The van der Waals surface area contributed by atoms with Crippen LogP contribution in [0.4, 0.5) is 0 Å². The first kappa shape index (κ1) is 31.3. The molecule has 1 unspecified atom stereocenters. The predicted molar refractivity (Wildman–Crippen MR) is 131 cm³/mol. The molecule has 0 radical (unpaired) electrons. The zero-order valence-corrected chi connectivity index (χ0v) is 22.2. The van der Waals surface area contributed by atoms with Crippen molar-refractivity contribution in [2.45, 2.75) is 122 Å². The zero-order chi connectivity index (χ0) is 24.3. The minimum Gasteiger partial charge on any atom is -0.550 e. The molecule has 32 heavy (non-hydrogen) atoms. The maximum atomic E-state index is 11.7. The Morgan fingerprint density at radius 1 is 0.812 bits per heavy atom. The Hall–Kier alpha value is -0.660. The van der Waals surface area contributed by atoms with Crippen molar-refractivity contribution in [2.75, 3.05) is 33.4 Å². The molecule has 0 aromatic heterocycles. The van der Waals surface area contributed by atoms with Gasteiger partial charge in [-0.15, -0.1) is 0 Å². The number of hydrogen-bond donors (Lipinski definition) is 0. The molecule has 0 aromatic rings. The molecular formula is C25H51NO5S. The maximum absolute atomic E-state index is 11.7. The van der Waals surface area contributed by atoms with Crippen LogP contribution in [0.15, 0.2) is 0 Å². The van der Waals surface area contributed by atoms with Gasteiger partial charge < -0.3 is 14.4 Å². The van der Waals surface area contributed by atoms with E-state index in [0.717, 1.165) is 19.1 Å². The van der Waals surface area contributed by atoms with Crippen LogP contribution in [0.1, 0.15) is 116 Å². The average Bonchev–Trinajstić information content (AvgIpc) is 2.66. The molecule has 0 amide bonds. The fourth-order valence-electron chi connectivity index (χ4n) is 4.28. The number of likely N-dealkylation sites (N-methyl/N-ethyl adjacent to an activating group) is 1. The summed E-state index contributed by atoms with van der Waals surface area (Å²) >= 11 is 0. The van der Waals surface area contributed by atoms with Gasteiger partial charge in [-0.25, -0.2) is 0 Å². The molecule has 0 fully saturated rings. The van der Waals surface area contributed by atoms with Crippen molar-refractivity contribution in [3.05, 3.63) is 0 Å². The van der Waals surface area contributed by atoms with Crippen LogP contribution in [-0.2, 0) is 19.1 Å². The highest BCUT2D eigenvalue weighted by Crippen LogP contribution is 2.17. The molecule has 0 aliphatic rings. The highest BCUT2D eigenvalue weighted by atomic mass is 32.2. The molecule has 0 heterocycles. The van der Waals surface area contributed by atoms with Gasteiger partial charge in [0.05, 0.1) is 26.9 Å². The van der Waals surface area contributed by atoms with Crippen LogP contribution in [0, 0.1) is 0 Å². The lowest BCUT2D eigenvalue weighted by molar-refractivity contribution is -0.893. The van der Waals surface area contributed by atoms with Crippen molar-refractivity contribution in [1.82, 2.24) is 0 Å². The van der Waals surface area contributed by atoms with Crippen LogP contribution in [0.5, 0.6) is 0 Å². The molecule has 0 N–H and O–H groups in total. The van der Waals surface area contributed by atoms with Crippen molar-refractivity contribution in [3.63, 3.8) is 0 Å². The van der Waals surface area contributed by atoms with Crippen LogP contribution in [0.2, 0.25) is 0 Å². The van der Waals surface area contributed by atoms with E-state index in [1.54, 1.807) is 0 Å². The number of nitrogens with zero attached hydrogens (tertiary/aromatic N) is 1. The number of rotatable bonds is 23. The maximum Gasteiger partial charge on any atom is 0.264 e. The van der Waals surface area contributed by atoms with Crippen molar-refractivity contribution >= 4 is 16.1 Å².